The first-order chi connectivity index (χ1) is 15.1. The summed E-state index contributed by atoms with van der Waals surface area (Å²) < 4.78 is 50.7. The number of fused-ring (bicyclic) bond motifs is 1. The van der Waals surface area contributed by atoms with E-state index in [0.29, 0.717) is 44.4 Å². The van der Waals surface area contributed by atoms with Gasteiger partial charge in [-0.05, 0) is 11.0 Å². The third-order valence-electron chi connectivity index (χ3n) is 5.40. The van der Waals surface area contributed by atoms with Crippen molar-refractivity contribution in [2.75, 3.05) is 19.7 Å². The Morgan fingerprint density at radius 3 is 2.53 bits per heavy atom. The smallest absolute Gasteiger partial charge is 0.372 e. The average Bonchev–Trinajstić information content (AvgIpc) is 3.37. The summed E-state index contributed by atoms with van der Waals surface area (Å²) in [5.41, 5.74) is 3.06. The molecule has 3 aromatic rings. The standard InChI is InChI=1S/C22H26F3N5O2/c1-21(2,3)16-6-4-15(5-7-16)18-12-17(32-28-18)14-31-11-10-29-8-9-30-19(13-29)26-20(27-30)22(23,24)25/h4-7,12H,8-11,13-14H2,1-3H3. The highest BCUT2D eigenvalue weighted by molar-refractivity contribution is 5.59. The van der Waals surface area contributed by atoms with Crippen molar-refractivity contribution in [2.45, 2.75) is 52.1 Å². The molecular formula is C22H26F3N5O2. The van der Waals surface area contributed by atoms with Crippen LogP contribution in [-0.4, -0.2) is 44.5 Å². The fraction of sp³-hybridized carbons (Fsp3) is 0.500. The zero-order valence-electron chi connectivity index (χ0n) is 18.3. The Labute approximate surface area is 184 Å². The molecular weight excluding hydrogens is 423 g/mol. The minimum Gasteiger partial charge on any atom is -0.372 e. The predicted molar refractivity (Wildman–Crippen MR) is 111 cm³/mol. The molecule has 0 saturated carbocycles. The normalized spacial score (nSPS) is 15.2. The van der Waals surface area contributed by atoms with E-state index in [1.54, 1.807) is 0 Å². The highest BCUT2D eigenvalue weighted by Crippen LogP contribution is 2.28. The molecule has 0 radical (unpaired) electrons. The summed E-state index contributed by atoms with van der Waals surface area (Å²) in [6, 6.07) is 10.1. The minimum atomic E-state index is -4.52. The summed E-state index contributed by atoms with van der Waals surface area (Å²) in [4.78, 5) is 5.61. The van der Waals surface area contributed by atoms with Crippen LogP contribution in [0.1, 0.15) is 43.7 Å². The predicted octanol–water partition coefficient (Wildman–Crippen LogP) is 4.28. The Morgan fingerprint density at radius 2 is 1.84 bits per heavy atom. The molecule has 1 aromatic carbocycles. The van der Waals surface area contributed by atoms with Crippen LogP contribution in [0.25, 0.3) is 11.3 Å². The van der Waals surface area contributed by atoms with Crippen molar-refractivity contribution in [1.82, 2.24) is 24.8 Å². The summed E-state index contributed by atoms with van der Waals surface area (Å²) >= 11 is 0. The molecule has 0 atom stereocenters. The highest BCUT2D eigenvalue weighted by atomic mass is 19.4. The van der Waals surface area contributed by atoms with Crippen molar-refractivity contribution in [3.05, 3.63) is 53.3 Å². The summed E-state index contributed by atoms with van der Waals surface area (Å²) in [5, 5.41) is 7.66. The van der Waals surface area contributed by atoms with Gasteiger partial charge < -0.3 is 9.26 Å². The summed E-state index contributed by atoms with van der Waals surface area (Å²) in [7, 11) is 0. The lowest BCUT2D eigenvalue weighted by Crippen LogP contribution is -2.36. The van der Waals surface area contributed by atoms with E-state index in [2.05, 4.69) is 48.1 Å². The van der Waals surface area contributed by atoms with Crippen molar-refractivity contribution in [3.8, 4) is 11.3 Å². The highest BCUT2D eigenvalue weighted by Gasteiger charge is 2.37. The van der Waals surface area contributed by atoms with E-state index in [4.69, 9.17) is 9.26 Å². The molecule has 0 unspecified atom stereocenters. The fourth-order valence-electron chi connectivity index (χ4n) is 3.52. The van der Waals surface area contributed by atoms with Crippen molar-refractivity contribution in [2.24, 2.45) is 0 Å². The quantitative estimate of drug-likeness (QED) is 0.523. The largest absolute Gasteiger partial charge is 0.453 e. The number of benzene rings is 1. The molecule has 0 fully saturated rings. The maximum absolute atomic E-state index is 12.8. The minimum absolute atomic E-state index is 0.0893. The lowest BCUT2D eigenvalue weighted by atomic mass is 9.86. The molecule has 7 nitrogen and oxygen atoms in total. The van der Waals surface area contributed by atoms with Gasteiger partial charge in [0.1, 0.15) is 18.1 Å². The van der Waals surface area contributed by atoms with E-state index in [-0.39, 0.29) is 12.0 Å². The number of hydrogen-bond acceptors (Lipinski definition) is 6. The van der Waals surface area contributed by atoms with Crippen LogP contribution >= 0.6 is 0 Å². The Balaban J connectivity index is 1.25. The first kappa shape index (κ1) is 22.5. The van der Waals surface area contributed by atoms with Crippen LogP contribution in [0.5, 0.6) is 0 Å². The van der Waals surface area contributed by atoms with Gasteiger partial charge in [-0.25, -0.2) is 9.67 Å². The zero-order chi connectivity index (χ0) is 22.9. The Morgan fingerprint density at radius 1 is 1.09 bits per heavy atom. The van der Waals surface area contributed by atoms with Gasteiger partial charge in [-0.3, -0.25) is 4.90 Å². The maximum atomic E-state index is 12.8. The zero-order valence-corrected chi connectivity index (χ0v) is 18.3. The molecule has 10 heteroatoms. The molecule has 0 saturated heterocycles. The van der Waals surface area contributed by atoms with Crippen LogP contribution in [0.15, 0.2) is 34.9 Å². The first-order valence-electron chi connectivity index (χ1n) is 10.5. The van der Waals surface area contributed by atoms with E-state index in [0.717, 1.165) is 11.3 Å². The summed E-state index contributed by atoms with van der Waals surface area (Å²) in [6.07, 6.45) is -4.52. The fourth-order valence-corrected chi connectivity index (χ4v) is 3.52. The van der Waals surface area contributed by atoms with E-state index in [1.165, 1.54) is 10.2 Å². The van der Waals surface area contributed by atoms with Gasteiger partial charge in [0.2, 0.25) is 0 Å². The van der Waals surface area contributed by atoms with Crippen molar-refractivity contribution < 1.29 is 22.4 Å². The van der Waals surface area contributed by atoms with Gasteiger partial charge in [0.15, 0.2) is 5.76 Å². The molecule has 1 aliphatic rings. The molecule has 0 N–H and O–H groups in total. The molecule has 0 amide bonds. The monoisotopic (exact) mass is 449 g/mol. The van der Waals surface area contributed by atoms with Gasteiger partial charge >= 0.3 is 6.18 Å². The molecule has 0 aliphatic carbocycles. The molecule has 1 aliphatic heterocycles. The number of halogens is 3. The van der Waals surface area contributed by atoms with Gasteiger partial charge in [0, 0.05) is 24.7 Å². The first-order valence-corrected chi connectivity index (χ1v) is 10.5. The van der Waals surface area contributed by atoms with E-state index in [9.17, 15) is 13.2 Å². The van der Waals surface area contributed by atoms with Crippen LogP contribution in [-0.2, 0) is 36.0 Å². The number of hydrogen-bond donors (Lipinski definition) is 0. The molecule has 32 heavy (non-hydrogen) atoms. The lowest BCUT2D eigenvalue weighted by Gasteiger charge is -2.26. The Kier molecular flexibility index (Phi) is 6.09. The number of ether oxygens (including phenoxy) is 1. The second-order valence-electron chi connectivity index (χ2n) is 8.91. The van der Waals surface area contributed by atoms with E-state index < -0.39 is 12.0 Å². The topological polar surface area (TPSA) is 69.2 Å². The van der Waals surface area contributed by atoms with Gasteiger partial charge in [0.05, 0.1) is 19.7 Å². The van der Waals surface area contributed by atoms with Crippen LogP contribution in [0.2, 0.25) is 0 Å². The summed E-state index contributed by atoms with van der Waals surface area (Å²) in [6.45, 7) is 9.04. The van der Waals surface area contributed by atoms with Crippen LogP contribution in [0, 0.1) is 0 Å². The molecule has 172 valence electrons. The second kappa shape index (κ2) is 8.67. The van der Waals surface area contributed by atoms with Gasteiger partial charge in [-0.1, -0.05) is 50.2 Å². The van der Waals surface area contributed by atoms with Gasteiger partial charge in [0.25, 0.3) is 5.82 Å². The molecule has 2 aromatic heterocycles. The summed E-state index contributed by atoms with van der Waals surface area (Å²) in [5.74, 6) is -0.145. The van der Waals surface area contributed by atoms with Crippen molar-refractivity contribution >= 4 is 0 Å². The third kappa shape index (κ3) is 5.18. The van der Waals surface area contributed by atoms with E-state index >= 15 is 0 Å². The number of nitrogens with zero attached hydrogens (tertiary/aromatic N) is 5. The van der Waals surface area contributed by atoms with Crippen molar-refractivity contribution in [3.63, 3.8) is 0 Å². The molecule has 3 heterocycles. The van der Waals surface area contributed by atoms with Gasteiger partial charge in [-0.2, -0.15) is 13.2 Å². The molecule has 0 spiro atoms. The van der Waals surface area contributed by atoms with Gasteiger partial charge in [-0.15, -0.1) is 5.10 Å². The lowest BCUT2D eigenvalue weighted by molar-refractivity contribution is -0.145. The Bertz CT molecular complexity index is 1050. The van der Waals surface area contributed by atoms with Crippen molar-refractivity contribution in [1.29, 1.82) is 0 Å². The van der Waals surface area contributed by atoms with Crippen LogP contribution in [0.4, 0.5) is 13.2 Å². The second-order valence-corrected chi connectivity index (χ2v) is 8.91. The third-order valence-corrected chi connectivity index (χ3v) is 5.40. The van der Waals surface area contributed by atoms with Crippen LogP contribution < -0.4 is 0 Å². The molecule has 0 bridgehead atoms. The number of alkyl halides is 3. The number of aromatic nitrogens is 4. The van der Waals surface area contributed by atoms with E-state index in [1.807, 2.05) is 23.1 Å². The average molecular weight is 449 g/mol. The Hall–Kier alpha value is -2.72. The van der Waals surface area contributed by atoms with Crippen LogP contribution in [0.3, 0.4) is 0 Å². The SMILES string of the molecule is CC(C)(C)c1ccc(-c2cc(COCCN3CCn4nc(C(F)(F)F)nc4C3)on2)cc1. The maximum Gasteiger partial charge on any atom is 0.453 e. The number of rotatable bonds is 6. The molecule has 4 rings (SSSR count).